The van der Waals surface area contributed by atoms with Crippen molar-refractivity contribution in [2.24, 2.45) is 5.73 Å². The highest BCUT2D eigenvalue weighted by molar-refractivity contribution is 6.21. The molecular formula is C46H35N3. The van der Waals surface area contributed by atoms with Gasteiger partial charge in [-0.1, -0.05) is 140 Å². The van der Waals surface area contributed by atoms with Gasteiger partial charge in [-0.05, 0) is 75.5 Å². The molecule has 0 fully saturated rings. The Morgan fingerprint density at radius 2 is 1.41 bits per heavy atom. The van der Waals surface area contributed by atoms with Crippen LogP contribution in [0, 0.1) is 0 Å². The van der Waals surface area contributed by atoms with Crippen LogP contribution in [0.2, 0.25) is 0 Å². The van der Waals surface area contributed by atoms with Crippen molar-refractivity contribution in [3.63, 3.8) is 0 Å². The van der Waals surface area contributed by atoms with Crippen LogP contribution in [0.5, 0.6) is 0 Å². The number of allylic oxidation sites excluding steroid dienone is 6. The summed E-state index contributed by atoms with van der Waals surface area (Å²) in [4.78, 5) is 2.31. The molecule has 1 aromatic heterocycles. The summed E-state index contributed by atoms with van der Waals surface area (Å²) in [6, 6.07) is 47.9. The number of anilines is 1. The Balaban J connectivity index is 1.24. The predicted octanol–water partition coefficient (Wildman–Crippen LogP) is 11.1. The van der Waals surface area contributed by atoms with Crippen molar-refractivity contribution in [2.75, 3.05) is 4.90 Å². The van der Waals surface area contributed by atoms with E-state index in [0.717, 1.165) is 28.0 Å². The van der Waals surface area contributed by atoms with Gasteiger partial charge < -0.3 is 15.2 Å². The molecule has 1 aliphatic heterocycles. The third-order valence-electron chi connectivity index (χ3n) is 10.1. The molecule has 2 atom stereocenters. The molecule has 2 heterocycles. The molecule has 0 amide bonds. The van der Waals surface area contributed by atoms with E-state index in [1.165, 1.54) is 43.8 Å². The van der Waals surface area contributed by atoms with Gasteiger partial charge in [-0.3, -0.25) is 0 Å². The van der Waals surface area contributed by atoms with Crippen molar-refractivity contribution >= 4 is 43.8 Å². The second-order valence-corrected chi connectivity index (χ2v) is 12.8. The molecule has 0 saturated carbocycles. The maximum absolute atomic E-state index is 7.25. The second-order valence-electron chi connectivity index (χ2n) is 12.8. The maximum Gasteiger partial charge on any atom is 0.104 e. The Hall–Kier alpha value is -6.32. The minimum absolute atomic E-state index is 0.0220. The van der Waals surface area contributed by atoms with Crippen LogP contribution in [-0.2, 0) is 0 Å². The summed E-state index contributed by atoms with van der Waals surface area (Å²) in [6.45, 7) is 4.10. The van der Waals surface area contributed by atoms with Crippen molar-refractivity contribution in [1.29, 1.82) is 0 Å². The van der Waals surface area contributed by atoms with Gasteiger partial charge in [-0.25, -0.2) is 0 Å². The summed E-state index contributed by atoms with van der Waals surface area (Å²) in [5, 5.41) is 4.91. The fraction of sp³-hybridized carbons (Fsp3) is 0.0435. The van der Waals surface area contributed by atoms with Crippen LogP contribution in [0.3, 0.4) is 0 Å². The molecule has 0 bridgehead atoms. The molecule has 3 heteroatoms. The quantitative estimate of drug-likeness (QED) is 0.192. The van der Waals surface area contributed by atoms with Gasteiger partial charge in [0.1, 0.15) is 5.82 Å². The lowest BCUT2D eigenvalue weighted by molar-refractivity contribution is 0.673. The molecule has 7 aromatic rings. The molecule has 3 nitrogen and oxygen atoms in total. The van der Waals surface area contributed by atoms with Gasteiger partial charge in [-0.2, -0.15) is 0 Å². The van der Waals surface area contributed by atoms with E-state index in [9.17, 15) is 0 Å². The van der Waals surface area contributed by atoms with Gasteiger partial charge in [0.25, 0.3) is 0 Å². The van der Waals surface area contributed by atoms with Crippen LogP contribution in [0.15, 0.2) is 188 Å². The summed E-state index contributed by atoms with van der Waals surface area (Å²) >= 11 is 0. The van der Waals surface area contributed by atoms with Gasteiger partial charge in [-0.15, -0.1) is 0 Å². The molecule has 9 rings (SSSR count). The Morgan fingerprint density at radius 3 is 2.29 bits per heavy atom. The van der Waals surface area contributed by atoms with Crippen molar-refractivity contribution in [3.05, 3.63) is 200 Å². The van der Waals surface area contributed by atoms with Crippen molar-refractivity contribution in [1.82, 2.24) is 4.57 Å². The van der Waals surface area contributed by atoms with Crippen LogP contribution < -0.4 is 10.6 Å². The maximum atomic E-state index is 7.25. The van der Waals surface area contributed by atoms with Crippen molar-refractivity contribution < 1.29 is 0 Å². The lowest BCUT2D eigenvalue weighted by atomic mass is 9.85. The molecule has 2 unspecified atom stereocenters. The second kappa shape index (κ2) is 11.7. The molecule has 0 saturated heterocycles. The summed E-state index contributed by atoms with van der Waals surface area (Å²) in [5.41, 5.74) is 17.7. The van der Waals surface area contributed by atoms with E-state index in [4.69, 9.17) is 5.73 Å². The van der Waals surface area contributed by atoms with Gasteiger partial charge in [0.05, 0.1) is 22.8 Å². The van der Waals surface area contributed by atoms with Crippen LogP contribution in [-0.4, -0.2) is 10.6 Å². The molecule has 0 radical (unpaired) electrons. The zero-order valence-electron chi connectivity index (χ0n) is 27.1. The topological polar surface area (TPSA) is 34.2 Å². The van der Waals surface area contributed by atoms with Crippen molar-refractivity contribution in [3.8, 4) is 16.8 Å². The Bertz CT molecular complexity index is 2540. The number of rotatable bonds is 5. The van der Waals surface area contributed by atoms with E-state index in [-0.39, 0.29) is 12.0 Å². The predicted molar refractivity (Wildman–Crippen MR) is 208 cm³/mol. The average Bonchev–Trinajstić information content (AvgIpc) is 3.43. The highest BCUT2D eigenvalue weighted by atomic mass is 15.2. The number of fused-ring (bicyclic) bond motifs is 10. The smallest absolute Gasteiger partial charge is 0.104 e. The molecule has 2 aliphatic rings. The fourth-order valence-corrected chi connectivity index (χ4v) is 7.95. The van der Waals surface area contributed by atoms with Gasteiger partial charge in [0.15, 0.2) is 0 Å². The third-order valence-corrected chi connectivity index (χ3v) is 10.1. The minimum atomic E-state index is 0.0220. The lowest BCUT2D eigenvalue weighted by Gasteiger charge is -2.36. The highest BCUT2D eigenvalue weighted by Crippen LogP contribution is 2.46. The standard InChI is InChI=1S/C46H35N3/c1-2-14-32(30-45(47)49-41-23-12-10-21-38(41)36-19-8-9-20-37(36)39-22-11-13-24-42(39)49)33-26-27-43-40(29-33)46-35-18-7-6-15-31(35)25-28-44(46)48(43)34-16-4-3-5-17-34/h2-30,38,41H,1,47H2/b32-14+,45-30+. The number of nitrogens with two attached hydrogens (primary N) is 1. The molecule has 1 aliphatic carbocycles. The Morgan fingerprint density at radius 1 is 0.673 bits per heavy atom. The van der Waals surface area contributed by atoms with Crippen molar-refractivity contribution in [2.45, 2.75) is 12.0 Å². The summed E-state index contributed by atoms with van der Waals surface area (Å²) in [7, 11) is 0. The lowest BCUT2D eigenvalue weighted by Crippen LogP contribution is -2.40. The molecule has 6 aromatic carbocycles. The Labute approximate surface area is 286 Å². The highest BCUT2D eigenvalue weighted by Gasteiger charge is 2.34. The largest absolute Gasteiger partial charge is 0.385 e. The number of para-hydroxylation sites is 2. The van der Waals surface area contributed by atoms with E-state index < -0.39 is 0 Å². The molecule has 49 heavy (non-hydrogen) atoms. The van der Waals surface area contributed by atoms with E-state index in [1.807, 2.05) is 6.08 Å². The van der Waals surface area contributed by atoms with E-state index in [1.54, 1.807) is 0 Å². The molecular weight excluding hydrogens is 595 g/mol. The number of hydrogen-bond donors (Lipinski definition) is 1. The van der Waals surface area contributed by atoms with Crippen LogP contribution >= 0.6 is 0 Å². The van der Waals surface area contributed by atoms with Gasteiger partial charge in [0.2, 0.25) is 0 Å². The monoisotopic (exact) mass is 629 g/mol. The fourth-order valence-electron chi connectivity index (χ4n) is 7.95. The number of benzene rings is 6. The molecule has 234 valence electrons. The van der Waals surface area contributed by atoms with Gasteiger partial charge >= 0.3 is 0 Å². The normalized spacial score (nSPS) is 17.2. The molecule has 0 spiro atoms. The average molecular weight is 630 g/mol. The van der Waals surface area contributed by atoms with Gasteiger partial charge in [0, 0.05) is 27.9 Å². The first-order valence-electron chi connectivity index (χ1n) is 16.9. The van der Waals surface area contributed by atoms with E-state index in [2.05, 4.69) is 186 Å². The summed E-state index contributed by atoms with van der Waals surface area (Å²) in [6.07, 6.45) is 14.9. The number of hydrogen-bond acceptors (Lipinski definition) is 2. The first kappa shape index (κ1) is 28.9. The summed E-state index contributed by atoms with van der Waals surface area (Å²) in [5.74, 6) is 0.835. The first-order valence-corrected chi connectivity index (χ1v) is 16.9. The molecule has 2 N–H and O–H groups in total. The van der Waals surface area contributed by atoms with Crippen LogP contribution in [0.4, 0.5) is 5.69 Å². The zero-order valence-corrected chi connectivity index (χ0v) is 27.1. The van der Waals surface area contributed by atoms with E-state index >= 15 is 0 Å². The van der Waals surface area contributed by atoms with Crippen LogP contribution in [0.1, 0.15) is 17.0 Å². The minimum Gasteiger partial charge on any atom is -0.385 e. The zero-order chi connectivity index (χ0) is 32.9. The van der Waals surface area contributed by atoms with Crippen LogP contribution in [0.25, 0.3) is 55.0 Å². The Kier molecular flexibility index (Phi) is 6.91. The SMILES string of the molecule is C=C/C=C(\C=C(/N)N1c2ccccc2-c2ccccc2C2C=CC=CC21)c1ccc2c(c1)c1c3ccccc3ccc1n2-c1ccccc1. The number of aromatic nitrogens is 1. The third kappa shape index (κ3) is 4.66. The van der Waals surface area contributed by atoms with E-state index in [0.29, 0.717) is 5.82 Å². The number of nitrogens with zero attached hydrogens (tertiary/aromatic N) is 2. The first-order chi connectivity index (χ1) is 24.2. The summed E-state index contributed by atoms with van der Waals surface area (Å²) < 4.78 is 2.37.